The zero-order chi connectivity index (χ0) is 15.5. The second-order valence-electron chi connectivity index (χ2n) is 5.38. The zero-order valence-corrected chi connectivity index (χ0v) is 13.2. The van der Waals surface area contributed by atoms with Gasteiger partial charge in [-0.15, -0.1) is 10.2 Å². The number of carbonyl (C=O) groups excluding carboxylic acids is 2. The topological polar surface area (TPSA) is 92.5 Å². The van der Waals surface area contributed by atoms with E-state index >= 15 is 0 Å². The van der Waals surface area contributed by atoms with Crippen molar-refractivity contribution in [3.63, 3.8) is 0 Å². The molecule has 2 amide bonds. The summed E-state index contributed by atoms with van der Waals surface area (Å²) in [5, 5.41) is 15.9. The molecule has 9 heteroatoms. The molecule has 3 rings (SSSR count). The number of nitrogens with one attached hydrogen (secondary N) is 1. The van der Waals surface area contributed by atoms with Crippen molar-refractivity contribution in [2.75, 3.05) is 19.6 Å². The van der Waals surface area contributed by atoms with Crippen molar-refractivity contribution in [1.29, 1.82) is 0 Å². The van der Waals surface area contributed by atoms with Crippen LogP contribution in [0, 0.1) is 5.92 Å². The molecule has 1 saturated heterocycles. The van der Waals surface area contributed by atoms with E-state index in [-0.39, 0.29) is 17.7 Å². The van der Waals surface area contributed by atoms with E-state index < -0.39 is 0 Å². The molecule has 0 saturated carbocycles. The lowest BCUT2D eigenvalue weighted by Gasteiger charge is -2.30. The molecule has 1 N–H and O–H groups in total. The minimum absolute atomic E-state index is 0.00779. The molecule has 0 unspecified atom stereocenters. The number of aromatic nitrogens is 4. The lowest BCUT2D eigenvalue weighted by Crippen LogP contribution is -2.42. The van der Waals surface area contributed by atoms with Crippen LogP contribution in [0.15, 0.2) is 6.33 Å². The first-order valence-electron chi connectivity index (χ1n) is 7.32. The molecule has 22 heavy (non-hydrogen) atoms. The standard InChI is InChI=1S/C13H18N6O2S/c1-9(20)18-6-3-10(4-7-18)12(21)14-5-2-11-17-19-8-15-16-13(19)22-11/h8,10H,2-7H2,1H3,(H,14,21). The minimum Gasteiger partial charge on any atom is -0.355 e. The van der Waals surface area contributed by atoms with Gasteiger partial charge in [0.2, 0.25) is 16.8 Å². The molecular formula is C13H18N6O2S. The van der Waals surface area contributed by atoms with Crippen molar-refractivity contribution in [2.45, 2.75) is 26.2 Å². The van der Waals surface area contributed by atoms with Gasteiger partial charge in [0.05, 0.1) is 0 Å². The van der Waals surface area contributed by atoms with Gasteiger partial charge in [-0.3, -0.25) is 9.59 Å². The summed E-state index contributed by atoms with van der Waals surface area (Å²) < 4.78 is 1.64. The number of carbonyl (C=O) groups is 2. The maximum atomic E-state index is 12.1. The Kier molecular flexibility index (Phi) is 4.32. The predicted molar refractivity (Wildman–Crippen MR) is 80.4 cm³/mol. The van der Waals surface area contributed by atoms with Crippen LogP contribution in [0.1, 0.15) is 24.8 Å². The molecular weight excluding hydrogens is 304 g/mol. The number of fused-ring (bicyclic) bond motifs is 1. The Hall–Kier alpha value is -2.03. The third kappa shape index (κ3) is 3.24. The Morgan fingerprint density at radius 2 is 2.18 bits per heavy atom. The Morgan fingerprint density at radius 3 is 2.86 bits per heavy atom. The molecule has 0 radical (unpaired) electrons. The van der Waals surface area contributed by atoms with Gasteiger partial charge in [0, 0.05) is 38.9 Å². The van der Waals surface area contributed by atoms with Gasteiger partial charge in [-0.25, -0.2) is 0 Å². The smallest absolute Gasteiger partial charge is 0.234 e. The van der Waals surface area contributed by atoms with Crippen molar-refractivity contribution >= 4 is 28.1 Å². The Morgan fingerprint density at radius 1 is 1.41 bits per heavy atom. The fourth-order valence-corrected chi connectivity index (χ4v) is 3.41. The largest absolute Gasteiger partial charge is 0.355 e. The third-order valence-electron chi connectivity index (χ3n) is 3.88. The van der Waals surface area contributed by atoms with Gasteiger partial charge in [0.25, 0.3) is 0 Å². The molecule has 1 aliphatic heterocycles. The van der Waals surface area contributed by atoms with Crippen molar-refractivity contribution < 1.29 is 9.59 Å². The maximum absolute atomic E-state index is 12.1. The summed E-state index contributed by atoms with van der Waals surface area (Å²) in [6, 6.07) is 0. The van der Waals surface area contributed by atoms with Gasteiger partial charge in [0.1, 0.15) is 11.3 Å². The van der Waals surface area contributed by atoms with Gasteiger partial charge in [0.15, 0.2) is 0 Å². The van der Waals surface area contributed by atoms with Gasteiger partial charge in [-0.05, 0) is 12.8 Å². The van der Waals surface area contributed by atoms with E-state index in [0.717, 1.165) is 22.8 Å². The minimum atomic E-state index is 0.00779. The molecule has 0 atom stereocenters. The molecule has 2 aromatic rings. The SMILES string of the molecule is CC(=O)N1CCC(C(=O)NCCc2nn3cnnc3s2)CC1. The monoisotopic (exact) mass is 322 g/mol. The van der Waals surface area contributed by atoms with Crippen molar-refractivity contribution in [2.24, 2.45) is 5.92 Å². The average Bonchev–Trinajstić information content (AvgIpc) is 3.08. The quantitative estimate of drug-likeness (QED) is 0.862. The number of likely N-dealkylation sites (tertiary alicyclic amines) is 1. The number of rotatable bonds is 4. The molecule has 0 spiro atoms. The Labute approximate surface area is 131 Å². The van der Waals surface area contributed by atoms with Crippen LogP contribution < -0.4 is 5.32 Å². The number of hydrogen-bond acceptors (Lipinski definition) is 6. The van der Waals surface area contributed by atoms with Gasteiger partial charge in [-0.1, -0.05) is 11.3 Å². The molecule has 1 aliphatic rings. The van der Waals surface area contributed by atoms with Crippen LogP contribution in [0.4, 0.5) is 0 Å². The highest BCUT2D eigenvalue weighted by Crippen LogP contribution is 2.17. The van der Waals surface area contributed by atoms with Crippen LogP contribution in [-0.4, -0.2) is 56.2 Å². The van der Waals surface area contributed by atoms with Gasteiger partial charge in [-0.2, -0.15) is 9.61 Å². The predicted octanol–water partition coefficient (Wildman–Crippen LogP) is 0.103. The van der Waals surface area contributed by atoms with E-state index in [1.54, 1.807) is 22.7 Å². The summed E-state index contributed by atoms with van der Waals surface area (Å²) in [7, 11) is 0. The van der Waals surface area contributed by atoms with E-state index in [0.29, 0.717) is 26.1 Å². The summed E-state index contributed by atoms with van der Waals surface area (Å²) in [6.45, 7) is 3.48. The van der Waals surface area contributed by atoms with E-state index in [9.17, 15) is 9.59 Å². The highest BCUT2D eigenvalue weighted by Gasteiger charge is 2.25. The fraction of sp³-hybridized carbons (Fsp3) is 0.615. The summed E-state index contributed by atoms with van der Waals surface area (Å²) in [5.74, 6) is 0.168. The van der Waals surface area contributed by atoms with E-state index in [1.165, 1.54) is 11.3 Å². The lowest BCUT2D eigenvalue weighted by molar-refractivity contribution is -0.133. The van der Waals surface area contributed by atoms with E-state index in [4.69, 9.17) is 0 Å². The average molecular weight is 322 g/mol. The first kappa shape index (κ1) is 14.9. The number of hydrogen-bond donors (Lipinski definition) is 1. The Bertz CT molecular complexity index is 644. The van der Waals surface area contributed by atoms with Crippen LogP contribution >= 0.6 is 11.3 Å². The molecule has 118 valence electrons. The van der Waals surface area contributed by atoms with Crippen LogP contribution in [0.3, 0.4) is 0 Å². The molecule has 8 nitrogen and oxygen atoms in total. The van der Waals surface area contributed by atoms with Crippen LogP contribution in [0.25, 0.3) is 4.96 Å². The summed E-state index contributed by atoms with van der Waals surface area (Å²) in [4.78, 5) is 25.9. The number of piperidine rings is 1. The second kappa shape index (κ2) is 6.39. The molecule has 0 aliphatic carbocycles. The lowest BCUT2D eigenvalue weighted by atomic mass is 9.96. The molecule has 3 heterocycles. The highest BCUT2D eigenvalue weighted by atomic mass is 32.1. The first-order valence-corrected chi connectivity index (χ1v) is 8.14. The molecule has 2 aromatic heterocycles. The number of nitrogens with zero attached hydrogens (tertiary/aromatic N) is 5. The van der Waals surface area contributed by atoms with Crippen LogP contribution in [0.2, 0.25) is 0 Å². The second-order valence-corrected chi connectivity index (χ2v) is 6.42. The zero-order valence-electron chi connectivity index (χ0n) is 12.4. The van der Waals surface area contributed by atoms with Crippen LogP contribution in [-0.2, 0) is 16.0 Å². The first-order chi connectivity index (χ1) is 10.6. The maximum Gasteiger partial charge on any atom is 0.234 e. The van der Waals surface area contributed by atoms with Crippen molar-refractivity contribution in [3.8, 4) is 0 Å². The summed E-state index contributed by atoms with van der Waals surface area (Å²) in [6.07, 6.45) is 3.73. The van der Waals surface area contributed by atoms with E-state index in [2.05, 4.69) is 20.6 Å². The number of amides is 2. The molecule has 1 fully saturated rings. The van der Waals surface area contributed by atoms with E-state index in [1.807, 2.05) is 0 Å². The molecule has 0 bridgehead atoms. The van der Waals surface area contributed by atoms with Gasteiger partial charge >= 0.3 is 0 Å². The Balaban J connectivity index is 1.43. The summed E-state index contributed by atoms with van der Waals surface area (Å²) >= 11 is 1.48. The van der Waals surface area contributed by atoms with Crippen molar-refractivity contribution in [1.82, 2.24) is 30.0 Å². The highest BCUT2D eigenvalue weighted by molar-refractivity contribution is 7.16. The summed E-state index contributed by atoms with van der Waals surface area (Å²) in [5.41, 5.74) is 0. The third-order valence-corrected chi connectivity index (χ3v) is 4.85. The van der Waals surface area contributed by atoms with Crippen molar-refractivity contribution in [3.05, 3.63) is 11.3 Å². The van der Waals surface area contributed by atoms with Crippen LogP contribution in [0.5, 0.6) is 0 Å². The normalized spacial score (nSPS) is 16.1. The fourth-order valence-electron chi connectivity index (χ4n) is 2.60. The molecule has 0 aromatic carbocycles. The van der Waals surface area contributed by atoms with Gasteiger partial charge < -0.3 is 10.2 Å².